The molecule has 0 radical (unpaired) electrons. The molecule has 0 bridgehead atoms. The number of benzene rings is 1. The Morgan fingerprint density at radius 1 is 1.32 bits per heavy atom. The molecule has 3 aromatic rings. The first-order chi connectivity index (χ1) is 10.6. The average molecular weight is 298 g/mol. The highest BCUT2D eigenvalue weighted by molar-refractivity contribution is 5.82. The van der Waals surface area contributed by atoms with Crippen LogP contribution in [0.2, 0.25) is 0 Å². The van der Waals surface area contributed by atoms with Crippen molar-refractivity contribution in [3.63, 3.8) is 0 Å². The van der Waals surface area contributed by atoms with Crippen LogP contribution < -0.4 is 5.32 Å². The first-order valence-corrected chi connectivity index (χ1v) is 7.38. The molecule has 0 fully saturated rings. The van der Waals surface area contributed by atoms with Gasteiger partial charge in [0.2, 0.25) is 0 Å². The Labute approximate surface area is 129 Å². The molecule has 1 atom stereocenters. The van der Waals surface area contributed by atoms with Gasteiger partial charge in [-0.25, -0.2) is 4.39 Å². The van der Waals surface area contributed by atoms with Crippen molar-refractivity contribution in [3.05, 3.63) is 59.8 Å². The van der Waals surface area contributed by atoms with E-state index in [0.29, 0.717) is 11.9 Å². The lowest BCUT2D eigenvalue weighted by Gasteiger charge is -2.15. The van der Waals surface area contributed by atoms with Crippen LogP contribution in [-0.2, 0) is 13.1 Å². The van der Waals surface area contributed by atoms with Gasteiger partial charge in [-0.3, -0.25) is 9.67 Å². The Balaban J connectivity index is 1.70. The summed E-state index contributed by atoms with van der Waals surface area (Å²) in [5.74, 6) is -0.230. The van der Waals surface area contributed by atoms with Crippen molar-refractivity contribution >= 4 is 10.9 Å². The number of nitrogens with one attached hydrogen (secondary N) is 1. The summed E-state index contributed by atoms with van der Waals surface area (Å²) in [6.07, 6.45) is 5.57. The number of aromatic nitrogens is 3. The standard InChI is InChI=1S/C17H19FN4/c1-12-8-21-22(10-12)11-13(2)20-9-14-5-6-16(18)15-4-3-7-19-17(14)15/h3-8,10,13,20H,9,11H2,1-2H3/t13-/m1/s1. The van der Waals surface area contributed by atoms with Gasteiger partial charge in [-0.2, -0.15) is 5.10 Å². The molecule has 4 nitrogen and oxygen atoms in total. The van der Waals surface area contributed by atoms with E-state index in [-0.39, 0.29) is 11.9 Å². The van der Waals surface area contributed by atoms with Crippen LogP contribution in [0.4, 0.5) is 4.39 Å². The zero-order valence-electron chi connectivity index (χ0n) is 12.8. The zero-order valence-corrected chi connectivity index (χ0v) is 12.8. The summed E-state index contributed by atoms with van der Waals surface area (Å²) in [6, 6.07) is 7.07. The molecule has 5 heteroatoms. The minimum atomic E-state index is -0.230. The predicted octanol–water partition coefficient (Wildman–Crippen LogP) is 3.06. The zero-order chi connectivity index (χ0) is 15.5. The number of hydrogen-bond acceptors (Lipinski definition) is 3. The van der Waals surface area contributed by atoms with Gasteiger partial charge in [-0.15, -0.1) is 0 Å². The van der Waals surface area contributed by atoms with Gasteiger partial charge in [0.15, 0.2) is 0 Å². The lowest BCUT2D eigenvalue weighted by Crippen LogP contribution is -2.30. The molecule has 0 saturated heterocycles. The van der Waals surface area contributed by atoms with Crippen LogP contribution in [-0.4, -0.2) is 20.8 Å². The van der Waals surface area contributed by atoms with Crippen molar-refractivity contribution in [1.82, 2.24) is 20.1 Å². The summed E-state index contributed by atoms with van der Waals surface area (Å²) in [5.41, 5.74) is 2.87. The van der Waals surface area contributed by atoms with Crippen LogP contribution in [0.1, 0.15) is 18.1 Å². The minimum absolute atomic E-state index is 0.230. The van der Waals surface area contributed by atoms with E-state index < -0.39 is 0 Å². The highest BCUT2D eigenvalue weighted by atomic mass is 19.1. The maximum Gasteiger partial charge on any atom is 0.132 e. The number of aryl methyl sites for hydroxylation is 1. The van der Waals surface area contributed by atoms with Crippen LogP contribution >= 0.6 is 0 Å². The Morgan fingerprint density at radius 2 is 2.18 bits per heavy atom. The Kier molecular flexibility index (Phi) is 4.15. The van der Waals surface area contributed by atoms with Crippen molar-refractivity contribution in [1.29, 1.82) is 0 Å². The van der Waals surface area contributed by atoms with Gasteiger partial charge >= 0.3 is 0 Å². The second-order valence-corrected chi connectivity index (χ2v) is 5.63. The quantitative estimate of drug-likeness (QED) is 0.787. The molecule has 0 amide bonds. The molecule has 1 aromatic carbocycles. The number of pyridine rings is 1. The molecule has 114 valence electrons. The van der Waals surface area contributed by atoms with E-state index in [9.17, 15) is 4.39 Å². The van der Waals surface area contributed by atoms with Gasteiger partial charge in [0, 0.05) is 30.4 Å². The van der Waals surface area contributed by atoms with Crippen LogP contribution in [0.15, 0.2) is 42.9 Å². The predicted molar refractivity (Wildman–Crippen MR) is 85.0 cm³/mol. The fourth-order valence-corrected chi connectivity index (χ4v) is 2.54. The Bertz CT molecular complexity index is 781. The highest BCUT2D eigenvalue weighted by Gasteiger charge is 2.09. The van der Waals surface area contributed by atoms with Crippen LogP contribution in [0.3, 0.4) is 0 Å². The Hall–Kier alpha value is -2.27. The van der Waals surface area contributed by atoms with E-state index >= 15 is 0 Å². The maximum atomic E-state index is 13.8. The minimum Gasteiger partial charge on any atom is -0.308 e. The first-order valence-electron chi connectivity index (χ1n) is 7.38. The van der Waals surface area contributed by atoms with Gasteiger partial charge in [0.05, 0.1) is 18.3 Å². The average Bonchev–Trinajstić information content (AvgIpc) is 2.92. The lowest BCUT2D eigenvalue weighted by atomic mass is 10.1. The highest BCUT2D eigenvalue weighted by Crippen LogP contribution is 2.19. The maximum absolute atomic E-state index is 13.8. The number of halogens is 1. The van der Waals surface area contributed by atoms with E-state index in [1.165, 1.54) is 6.07 Å². The number of nitrogens with zero attached hydrogens (tertiary/aromatic N) is 3. The largest absolute Gasteiger partial charge is 0.308 e. The fraction of sp³-hybridized carbons (Fsp3) is 0.294. The summed E-state index contributed by atoms with van der Waals surface area (Å²) in [7, 11) is 0. The van der Waals surface area contributed by atoms with Crippen molar-refractivity contribution in [3.8, 4) is 0 Å². The van der Waals surface area contributed by atoms with E-state index in [4.69, 9.17) is 0 Å². The van der Waals surface area contributed by atoms with Crippen molar-refractivity contribution < 1.29 is 4.39 Å². The van der Waals surface area contributed by atoms with E-state index in [0.717, 1.165) is 23.2 Å². The smallest absolute Gasteiger partial charge is 0.132 e. The molecule has 2 aromatic heterocycles. The molecule has 3 rings (SSSR count). The van der Waals surface area contributed by atoms with Crippen LogP contribution in [0.5, 0.6) is 0 Å². The third-order valence-electron chi connectivity index (χ3n) is 3.66. The van der Waals surface area contributed by atoms with E-state index in [2.05, 4.69) is 22.3 Å². The molecule has 2 heterocycles. The molecule has 0 unspecified atom stereocenters. The van der Waals surface area contributed by atoms with Gasteiger partial charge in [-0.1, -0.05) is 6.07 Å². The number of rotatable bonds is 5. The second-order valence-electron chi connectivity index (χ2n) is 5.63. The molecular weight excluding hydrogens is 279 g/mol. The summed E-state index contributed by atoms with van der Waals surface area (Å²) >= 11 is 0. The SMILES string of the molecule is Cc1cnn(C[C@@H](C)NCc2ccc(F)c3cccnc23)c1. The molecular formula is C17H19FN4. The van der Waals surface area contributed by atoms with Crippen molar-refractivity contribution in [2.24, 2.45) is 0 Å². The normalized spacial score (nSPS) is 12.7. The topological polar surface area (TPSA) is 42.7 Å². The molecule has 0 aliphatic rings. The molecule has 0 saturated carbocycles. The first kappa shape index (κ1) is 14.7. The van der Waals surface area contributed by atoms with Crippen molar-refractivity contribution in [2.45, 2.75) is 33.0 Å². The fourth-order valence-electron chi connectivity index (χ4n) is 2.54. The third-order valence-corrected chi connectivity index (χ3v) is 3.66. The summed E-state index contributed by atoms with van der Waals surface area (Å²) in [6.45, 7) is 5.57. The van der Waals surface area contributed by atoms with Crippen LogP contribution in [0.25, 0.3) is 10.9 Å². The van der Waals surface area contributed by atoms with Crippen molar-refractivity contribution in [2.75, 3.05) is 0 Å². The van der Waals surface area contributed by atoms with Crippen LogP contribution in [0, 0.1) is 12.7 Å². The molecule has 0 spiro atoms. The number of hydrogen-bond donors (Lipinski definition) is 1. The van der Waals surface area contributed by atoms with Gasteiger partial charge < -0.3 is 5.32 Å². The molecule has 0 aliphatic carbocycles. The second kappa shape index (κ2) is 6.23. The van der Waals surface area contributed by atoms with E-state index in [1.54, 1.807) is 24.4 Å². The molecule has 1 N–H and O–H groups in total. The van der Waals surface area contributed by atoms with Gasteiger partial charge in [0.1, 0.15) is 5.82 Å². The van der Waals surface area contributed by atoms with Gasteiger partial charge in [0.25, 0.3) is 0 Å². The summed E-state index contributed by atoms with van der Waals surface area (Å²) in [5, 5.41) is 8.30. The molecule has 22 heavy (non-hydrogen) atoms. The summed E-state index contributed by atoms with van der Waals surface area (Å²) in [4.78, 5) is 4.31. The lowest BCUT2D eigenvalue weighted by molar-refractivity contribution is 0.451. The monoisotopic (exact) mass is 298 g/mol. The van der Waals surface area contributed by atoms with E-state index in [1.807, 2.05) is 24.0 Å². The molecule has 0 aliphatic heterocycles. The Morgan fingerprint density at radius 3 is 2.95 bits per heavy atom. The third kappa shape index (κ3) is 3.14. The summed E-state index contributed by atoms with van der Waals surface area (Å²) < 4.78 is 15.7. The number of fused-ring (bicyclic) bond motifs is 1. The van der Waals surface area contributed by atoms with Gasteiger partial charge in [-0.05, 0) is 43.2 Å².